The van der Waals surface area contributed by atoms with Gasteiger partial charge < -0.3 is 15.7 Å². The van der Waals surface area contributed by atoms with Gasteiger partial charge in [0.1, 0.15) is 11.6 Å². The summed E-state index contributed by atoms with van der Waals surface area (Å²) in [6, 6.07) is 18.9. The average molecular weight is 556 g/mol. The number of carbonyl (C=O) groups is 2. The Morgan fingerprint density at radius 3 is 2.50 bits per heavy atom. The van der Waals surface area contributed by atoms with Crippen LogP contribution in [0.3, 0.4) is 0 Å². The van der Waals surface area contributed by atoms with Crippen molar-refractivity contribution >= 4 is 46.6 Å². The number of nitrogens with zero attached hydrogens (tertiary/aromatic N) is 2. The SMILES string of the molecule is O=C(Cc1cccc(-n2nc(-c3ccc(F)cc3)cc2NC(=O)Nc2cccc(Cl)c2Cl)c1)NCCCO. The predicted molar refractivity (Wildman–Crippen MR) is 146 cm³/mol. The lowest BCUT2D eigenvalue weighted by molar-refractivity contribution is -0.120. The molecule has 1 heterocycles. The van der Waals surface area contributed by atoms with Crippen molar-refractivity contribution in [1.82, 2.24) is 15.1 Å². The normalized spacial score (nSPS) is 10.7. The van der Waals surface area contributed by atoms with E-state index in [9.17, 15) is 14.0 Å². The van der Waals surface area contributed by atoms with E-state index < -0.39 is 6.03 Å². The fraction of sp³-hybridized carbons (Fsp3) is 0.148. The lowest BCUT2D eigenvalue weighted by Gasteiger charge is -2.12. The first-order valence-corrected chi connectivity index (χ1v) is 12.4. The molecule has 0 atom stereocenters. The van der Waals surface area contributed by atoms with Crippen molar-refractivity contribution in [2.45, 2.75) is 12.8 Å². The number of hydrogen-bond acceptors (Lipinski definition) is 4. The smallest absolute Gasteiger partial charge is 0.324 e. The maximum atomic E-state index is 13.5. The lowest BCUT2D eigenvalue weighted by atomic mass is 10.1. The summed E-state index contributed by atoms with van der Waals surface area (Å²) < 4.78 is 15.0. The van der Waals surface area contributed by atoms with Crippen molar-refractivity contribution < 1.29 is 19.1 Å². The van der Waals surface area contributed by atoms with Crippen molar-refractivity contribution in [3.05, 3.63) is 94.2 Å². The third-order valence-electron chi connectivity index (χ3n) is 5.47. The van der Waals surface area contributed by atoms with Gasteiger partial charge in [0.05, 0.1) is 33.5 Å². The molecule has 0 fully saturated rings. The predicted octanol–water partition coefficient (Wildman–Crippen LogP) is 5.67. The number of aliphatic hydroxyl groups is 1. The van der Waals surface area contributed by atoms with Crippen LogP contribution in [0.25, 0.3) is 16.9 Å². The van der Waals surface area contributed by atoms with Gasteiger partial charge >= 0.3 is 6.03 Å². The highest BCUT2D eigenvalue weighted by Crippen LogP contribution is 2.30. The Bertz CT molecular complexity index is 1440. The summed E-state index contributed by atoms with van der Waals surface area (Å²) in [7, 11) is 0. The molecule has 0 aliphatic rings. The van der Waals surface area contributed by atoms with E-state index in [1.54, 1.807) is 60.7 Å². The van der Waals surface area contributed by atoms with E-state index in [1.807, 2.05) is 0 Å². The van der Waals surface area contributed by atoms with Gasteiger partial charge in [-0.25, -0.2) is 13.9 Å². The van der Waals surface area contributed by atoms with E-state index in [0.717, 1.165) is 5.56 Å². The molecule has 0 unspecified atom stereocenters. The molecule has 3 aromatic carbocycles. The van der Waals surface area contributed by atoms with Crippen molar-refractivity contribution in [2.75, 3.05) is 23.8 Å². The van der Waals surface area contributed by atoms with Crippen LogP contribution in [0, 0.1) is 5.82 Å². The van der Waals surface area contributed by atoms with Crippen LogP contribution in [-0.4, -0.2) is 40.0 Å². The Labute approximate surface area is 228 Å². The number of anilines is 2. The first-order valence-electron chi connectivity index (χ1n) is 11.7. The van der Waals surface area contributed by atoms with Crippen LogP contribution in [0.15, 0.2) is 72.8 Å². The molecule has 3 amide bonds. The fourth-order valence-corrected chi connectivity index (χ4v) is 4.00. The molecule has 4 aromatic rings. The monoisotopic (exact) mass is 555 g/mol. The second kappa shape index (κ2) is 12.6. The number of amides is 3. The number of hydrogen-bond donors (Lipinski definition) is 4. The molecule has 38 heavy (non-hydrogen) atoms. The summed E-state index contributed by atoms with van der Waals surface area (Å²) in [5.41, 5.74) is 2.79. The summed E-state index contributed by atoms with van der Waals surface area (Å²) in [6.07, 6.45) is 0.602. The van der Waals surface area contributed by atoms with Gasteiger partial charge in [-0.1, -0.05) is 41.4 Å². The third-order valence-corrected chi connectivity index (χ3v) is 6.29. The molecule has 11 heteroatoms. The highest BCUT2D eigenvalue weighted by atomic mass is 35.5. The lowest BCUT2D eigenvalue weighted by Crippen LogP contribution is -2.26. The number of nitrogens with one attached hydrogen (secondary N) is 3. The fourth-order valence-electron chi connectivity index (χ4n) is 3.65. The van der Waals surface area contributed by atoms with Gasteiger partial charge in [-0.3, -0.25) is 10.1 Å². The first kappa shape index (κ1) is 27.1. The number of rotatable bonds is 9. The van der Waals surface area contributed by atoms with E-state index >= 15 is 0 Å². The van der Waals surface area contributed by atoms with Gasteiger partial charge in [-0.2, -0.15) is 5.10 Å². The van der Waals surface area contributed by atoms with E-state index in [-0.39, 0.29) is 29.8 Å². The maximum Gasteiger partial charge on any atom is 0.324 e. The second-order valence-electron chi connectivity index (χ2n) is 8.29. The molecule has 0 saturated heterocycles. The van der Waals surface area contributed by atoms with Gasteiger partial charge in [-0.05, 0) is 60.5 Å². The summed E-state index contributed by atoms with van der Waals surface area (Å²) in [6.45, 7) is 0.382. The van der Waals surface area contributed by atoms with E-state index in [2.05, 4.69) is 21.0 Å². The van der Waals surface area contributed by atoms with Crippen molar-refractivity contribution in [3.63, 3.8) is 0 Å². The molecule has 0 saturated carbocycles. The molecule has 8 nitrogen and oxygen atoms in total. The van der Waals surface area contributed by atoms with Crippen molar-refractivity contribution in [1.29, 1.82) is 0 Å². The summed E-state index contributed by atoms with van der Waals surface area (Å²) in [4.78, 5) is 25.1. The van der Waals surface area contributed by atoms with Gasteiger partial charge in [0.25, 0.3) is 0 Å². The molecule has 4 N–H and O–H groups in total. The van der Waals surface area contributed by atoms with Gasteiger partial charge in [0.15, 0.2) is 0 Å². The van der Waals surface area contributed by atoms with E-state index in [0.29, 0.717) is 46.4 Å². The first-order chi connectivity index (χ1) is 18.3. The summed E-state index contributed by atoms with van der Waals surface area (Å²) >= 11 is 12.2. The van der Waals surface area contributed by atoms with Crippen molar-refractivity contribution in [2.24, 2.45) is 0 Å². The molecule has 4 rings (SSSR count). The molecule has 0 spiro atoms. The quantitative estimate of drug-likeness (QED) is 0.199. The minimum absolute atomic E-state index is 0.00166. The highest BCUT2D eigenvalue weighted by Gasteiger charge is 2.16. The molecular weight excluding hydrogens is 532 g/mol. The number of aliphatic hydroxyl groups excluding tert-OH is 1. The number of halogens is 3. The molecule has 1 aromatic heterocycles. The number of benzene rings is 3. The highest BCUT2D eigenvalue weighted by molar-refractivity contribution is 6.44. The second-order valence-corrected chi connectivity index (χ2v) is 9.07. The Kier molecular flexibility index (Phi) is 8.96. The number of aromatic nitrogens is 2. The number of carbonyl (C=O) groups excluding carboxylic acids is 2. The van der Waals surface area contributed by atoms with Gasteiger partial charge in [-0.15, -0.1) is 0 Å². The Balaban J connectivity index is 1.63. The standard InChI is InChI=1S/C27H24Cl2FN5O3/c28-21-6-2-7-22(26(21)29)32-27(38)33-24-16-23(18-8-10-19(30)11-9-18)34-35(24)20-5-1-4-17(14-20)15-25(37)31-12-3-13-36/h1-2,4-11,14,16,36H,3,12-13,15H2,(H,31,37)(H2,32,33,38). The van der Waals surface area contributed by atoms with Crippen LogP contribution in [0.5, 0.6) is 0 Å². The largest absolute Gasteiger partial charge is 0.396 e. The van der Waals surface area contributed by atoms with Crippen LogP contribution in [-0.2, 0) is 11.2 Å². The van der Waals surface area contributed by atoms with Crippen LogP contribution in [0.2, 0.25) is 10.0 Å². The zero-order valence-electron chi connectivity index (χ0n) is 20.0. The zero-order valence-corrected chi connectivity index (χ0v) is 21.6. The maximum absolute atomic E-state index is 13.5. The molecular formula is C27H24Cl2FN5O3. The molecule has 196 valence electrons. The Morgan fingerprint density at radius 2 is 1.74 bits per heavy atom. The Hall–Kier alpha value is -3.92. The molecule has 0 radical (unpaired) electrons. The Morgan fingerprint density at radius 1 is 0.974 bits per heavy atom. The summed E-state index contributed by atoms with van der Waals surface area (Å²) in [5.74, 6) is -0.238. The topological polar surface area (TPSA) is 108 Å². The van der Waals surface area contributed by atoms with Crippen LogP contribution in [0.1, 0.15) is 12.0 Å². The van der Waals surface area contributed by atoms with Gasteiger partial charge in [0, 0.05) is 24.8 Å². The molecule has 0 aliphatic carbocycles. The zero-order chi connectivity index (χ0) is 27.1. The van der Waals surface area contributed by atoms with Crippen LogP contribution >= 0.6 is 23.2 Å². The minimum atomic E-state index is -0.583. The molecule has 0 bridgehead atoms. The third kappa shape index (κ3) is 6.89. The number of urea groups is 1. The van der Waals surface area contributed by atoms with Crippen LogP contribution < -0.4 is 16.0 Å². The van der Waals surface area contributed by atoms with Crippen molar-refractivity contribution in [3.8, 4) is 16.9 Å². The van der Waals surface area contributed by atoms with E-state index in [4.69, 9.17) is 28.3 Å². The van der Waals surface area contributed by atoms with Gasteiger partial charge in [0.2, 0.25) is 5.91 Å². The molecule has 0 aliphatic heterocycles. The average Bonchev–Trinajstić information content (AvgIpc) is 3.31. The minimum Gasteiger partial charge on any atom is -0.396 e. The van der Waals surface area contributed by atoms with Crippen LogP contribution in [0.4, 0.5) is 20.7 Å². The van der Waals surface area contributed by atoms with E-state index in [1.165, 1.54) is 16.8 Å². The summed E-state index contributed by atoms with van der Waals surface area (Å²) in [5, 5.41) is 22.2.